The zero-order valence-corrected chi connectivity index (χ0v) is 14.2. The molecule has 0 radical (unpaired) electrons. The molecule has 0 bridgehead atoms. The quantitative estimate of drug-likeness (QED) is 0.638. The van der Waals surface area contributed by atoms with Crippen molar-refractivity contribution in [2.75, 3.05) is 26.2 Å². The van der Waals surface area contributed by atoms with Crippen LogP contribution in [0.15, 0.2) is 0 Å². The first-order valence-electron chi connectivity index (χ1n) is 7.93. The van der Waals surface area contributed by atoms with E-state index in [2.05, 4.69) is 27.7 Å². The fraction of sp³-hybridized carbons (Fsp3) is 0.938. The fourth-order valence-corrected chi connectivity index (χ4v) is 2.52. The van der Waals surface area contributed by atoms with Crippen LogP contribution in [0, 0.1) is 5.41 Å². The molecule has 0 amide bonds. The van der Waals surface area contributed by atoms with Gasteiger partial charge < -0.3 is 14.4 Å². The molecular formula is C16H35NO2. The number of nitrogens with zero attached hydrogens (tertiary/aromatic N) is 1. The summed E-state index contributed by atoms with van der Waals surface area (Å²) >= 11 is 0. The Morgan fingerprint density at radius 2 is 1.05 bits per heavy atom. The van der Waals surface area contributed by atoms with Gasteiger partial charge in [-0.2, -0.15) is 0 Å². The molecule has 0 aliphatic carbocycles. The molecule has 0 aromatic rings. The third kappa shape index (κ3) is 5.94. The van der Waals surface area contributed by atoms with Gasteiger partial charge in [-0.3, -0.25) is 0 Å². The first-order valence-corrected chi connectivity index (χ1v) is 7.93. The first-order chi connectivity index (χ1) is 8.87. The summed E-state index contributed by atoms with van der Waals surface area (Å²) in [4.78, 5) is 10.6. The van der Waals surface area contributed by atoms with Gasteiger partial charge in [0.25, 0.3) is 0 Å². The van der Waals surface area contributed by atoms with E-state index in [9.17, 15) is 9.90 Å². The Labute approximate surface area is 120 Å². The van der Waals surface area contributed by atoms with Gasteiger partial charge in [0.2, 0.25) is 0 Å². The number of carbonyl (C=O) groups is 1. The van der Waals surface area contributed by atoms with Crippen LogP contribution in [0.25, 0.3) is 0 Å². The summed E-state index contributed by atoms with van der Waals surface area (Å²) in [5, 5.41) is 10.6. The number of carboxylic acid groups (broad SMARTS) is 1. The van der Waals surface area contributed by atoms with Crippen molar-refractivity contribution < 1.29 is 14.4 Å². The van der Waals surface area contributed by atoms with E-state index in [0.717, 1.165) is 0 Å². The predicted octanol–water partition coefficient (Wildman–Crippen LogP) is 2.84. The maximum absolute atomic E-state index is 10.6. The Bertz CT molecular complexity index is 205. The van der Waals surface area contributed by atoms with Crippen molar-refractivity contribution >= 4 is 5.97 Å². The van der Waals surface area contributed by atoms with E-state index in [1.54, 1.807) is 0 Å². The number of hydrogen-bond donors (Lipinski definition) is 0. The van der Waals surface area contributed by atoms with Crippen LogP contribution in [-0.2, 0) is 4.79 Å². The lowest BCUT2D eigenvalue weighted by Crippen LogP contribution is -2.47. The topological polar surface area (TPSA) is 40.1 Å². The maximum Gasteiger partial charge on any atom is 0.0757 e. The van der Waals surface area contributed by atoms with E-state index in [-0.39, 0.29) is 0 Å². The highest BCUT2D eigenvalue weighted by Gasteiger charge is 2.24. The minimum absolute atomic E-state index is 0.569. The second-order valence-corrected chi connectivity index (χ2v) is 5.23. The highest BCUT2D eigenvalue weighted by molar-refractivity contribution is 5.72. The Kier molecular flexibility index (Phi) is 11.2. The zero-order valence-electron chi connectivity index (χ0n) is 14.2. The molecule has 0 atom stereocenters. The molecule has 0 rings (SSSR count). The summed E-state index contributed by atoms with van der Waals surface area (Å²) in [5.41, 5.74) is -0.569. The van der Waals surface area contributed by atoms with Crippen LogP contribution < -0.4 is 5.11 Å². The van der Waals surface area contributed by atoms with Crippen LogP contribution in [-0.4, -0.2) is 36.6 Å². The van der Waals surface area contributed by atoms with E-state index in [1.807, 2.05) is 20.8 Å². The lowest BCUT2D eigenvalue weighted by molar-refractivity contribution is -0.921. The number of quaternary nitrogens is 1. The summed E-state index contributed by atoms with van der Waals surface area (Å²) in [7, 11) is 0. The summed E-state index contributed by atoms with van der Waals surface area (Å²) in [6.45, 7) is 19.9. The molecule has 0 N–H and O–H groups in total. The van der Waals surface area contributed by atoms with Crippen LogP contribution in [0.2, 0.25) is 0 Å². The standard InChI is InChI=1S/C8H20N.C8H16O2/c1-5-9(6-2,7-3)8-4;1-4-8(5-2,6-3)7(9)10/h5-8H2,1-4H3;4-6H2,1-3H3,(H,9,10)/q+1;/p-1. The van der Waals surface area contributed by atoms with Gasteiger partial charge in [0.15, 0.2) is 0 Å². The van der Waals surface area contributed by atoms with E-state index >= 15 is 0 Å². The van der Waals surface area contributed by atoms with Gasteiger partial charge in [0.05, 0.1) is 26.2 Å². The number of hydrogen-bond acceptors (Lipinski definition) is 2. The van der Waals surface area contributed by atoms with Crippen molar-refractivity contribution in [3.8, 4) is 0 Å². The van der Waals surface area contributed by atoms with Crippen molar-refractivity contribution in [2.24, 2.45) is 5.41 Å². The predicted molar refractivity (Wildman–Crippen MR) is 80.7 cm³/mol. The summed E-state index contributed by atoms with van der Waals surface area (Å²) < 4.78 is 1.28. The Morgan fingerprint density at radius 3 is 1.05 bits per heavy atom. The lowest BCUT2D eigenvalue weighted by Gasteiger charge is -2.34. The molecule has 0 saturated heterocycles. The molecule has 116 valence electrons. The fourth-order valence-electron chi connectivity index (χ4n) is 2.52. The van der Waals surface area contributed by atoms with Crippen molar-refractivity contribution in [3.05, 3.63) is 0 Å². The van der Waals surface area contributed by atoms with E-state index in [1.165, 1.54) is 30.7 Å². The second kappa shape index (κ2) is 10.2. The molecule has 0 aliphatic heterocycles. The Balaban J connectivity index is 0. The monoisotopic (exact) mass is 273 g/mol. The highest BCUT2D eigenvalue weighted by atomic mass is 16.4. The molecule has 0 aromatic carbocycles. The van der Waals surface area contributed by atoms with Crippen LogP contribution in [0.1, 0.15) is 67.7 Å². The van der Waals surface area contributed by atoms with Gasteiger partial charge in [0.1, 0.15) is 0 Å². The van der Waals surface area contributed by atoms with Crippen molar-refractivity contribution in [1.82, 2.24) is 0 Å². The Hall–Kier alpha value is -0.570. The molecule has 19 heavy (non-hydrogen) atoms. The van der Waals surface area contributed by atoms with Gasteiger partial charge >= 0.3 is 0 Å². The summed E-state index contributed by atoms with van der Waals surface area (Å²) in [5.74, 6) is -0.903. The zero-order chi connectivity index (χ0) is 15.5. The second-order valence-electron chi connectivity index (χ2n) is 5.23. The number of carboxylic acids is 1. The molecule has 0 heterocycles. The molecule has 0 spiro atoms. The molecule has 0 aliphatic rings. The number of aliphatic carboxylic acids is 1. The Morgan fingerprint density at radius 1 is 0.789 bits per heavy atom. The SMILES string of the molecule is CCC(CC)(CC)C(=O)[O-].CC[N+](CC)(CC)CC. The highest BCUT2D eigenvalue weighted by Crippen LogP contribution is 2.28. The van der Waals surface area contributed by atoms with E-state index < -0.39 is 11.4 Å². The molecule has 0 saturated carbocycles. The maximum atomic E-state index is 10.6. The molecule has 0 fully saturated rings. The summed E-state index contributed by atoms with van der Waals surface area (Å²) in [6.07, 6.45) is 2.01. The van der Waals surface area contributed by atoms with Gasteiger partial charge in [-0.1, -0.05) is 20.8 Å². The number of rotatable bonds is 8. The minimum atomic E-state index is -0.903. The van der Waals surface area contributed by atoms with Gasteiger partial charge in [-0.15, -0.1) is 0 Å². The average Bonchev–Trinajstić information content (AvgIpc) is 2.45. The molecule has 0 unspecified atom stereocenters. The smallest absolute Gasteiger partial charge is 0.0757 e. The third-order valence-corrected chi connectivity index (χ3v) is 5.15. The molecule has 3 heteroatoms. The van der Waals surface area contributed by atoms with Gasteiger partial charge in [0, 0.05) is 11.4 Å². The van der Waals surface area contributed by atoms with Crippen LogP contribution in [0.5, 0.6) is 0 Å². The van der Waals surface area contributed by atoms with E-state index in [4.69, 9.17) is 0 Å². The van der Waals surface area contributed by atoms with Crippen molar-refractivity contribution in [3.63, 3.8) is 0 Å². The van der Waals surface area contributed by atoms with Crippen LogP contribution >= 0.6 is 0 Å². The molecular weight excluding hydrogens is 238 g/mol. The van der Waals surface area contributed by atoms with Crippen LogP contribution in [0.3, 0.4) is 0 Å². The minimum Gasteiger partial charge on any atom is -0.550 e. The third-order valence-electron chi connectivity index (χ3n) is 5.15. The number of carbonyl (C=O) groups excluding carboxylic acids is 1. The lowest BCUT2D eigenvalue weighted by atomic mass is 9.80. The van der Waals surface area contributed by atoms with Crippen LogP contribution in [0.4, 0.5) is 0 Å². The largest absolute Gasteiger partial charge is 0.550 e. The summed E-state index contributed by atoms with van der Waals surface area (Å²) in [6, 6.07) is 0. The van der Waals surface area contributed by atoms with Gasteiger partial charge in [-0.25, -0.2) is 0 Å². The molecule has 0 aromatic heterocycles. The van der Waals surface area contributed by atoms with Crippen molar-refractivity contribution in [1.29, 1.82) is 0 Å². The van der Waals surface area contributed by atoms with Crippen molar-refractivity contribution in [2.45, 2.75) is 67.7 Å². The van der Waals surface area contributed by atoms with Gasteiger partial charge in [-0.05, 0) is 47.0 Å². The molecule has 3 nitrogen and oxygen atoms in total. The first kappa shape index (κ1) is 20.7. The van der Waals surface area contributed by atoms with E-state index in [0.29, 0.717) is 19.3 Å². The normalized spacial score (nSPS) is 11.7. The average molecular weight is 273 g/mol.